The summed E-state index contributed by atoms with van der Waals surface area (Å²) in [6.07, 6.45) is 0.917. The number of hydrogen-bond donors (Lipinski definition) is 2. The summed E-state index contributed by atoms with van der Waals surface area (Å²) < 4.78 is 0. The van der Waals surface area contributed by atoms with Gasteiger partial charge in [0.05, 0.1) is 6.04 Å². The zero-order chi connectivity index (χ0) is 9.35. The molecule has 1 rings (SSSR count). The number of carbonyl (C=O) groups is 1. The average molecular weight is 171 g/mol. The van der Waals surface area contributed by atoms with Crippen molar-refractivity contribution in [2.45, 2.75) is 38.8 Å². The van der Waals surface area contributed by atoms with Gasteiger partial charge in [-0.15, -0.1) is 0 Å². The summed E-state index contributed by atoms with van der Waals surface area (Å²) in [6.45, 7) is 7.29. The summed E-state index contributed by atoms with van der Waals surface area (Å²) >= 11 is 0. The second-order valence-electron chi connectivity index (χ2n) is 4.18. The van der Waals surface area contributed by atoms with Crippen LogP contribution in [0.1, 0.15) is 27.2 Å². The Labute approximate surface area is 73.1 Å². The Balaban J connectivity index is 2.55. The second-order valence-corrected chi connectivity index (χ2v) is 4.18. The summed E-state index contributed by atoms with van der Waals surface area (Å²) in [5.74, 6) is 4.99. The highest BCUT2D eigenvalue weighted by Crippen LogP contribution is 2.26. The van der Waals surface area contributed by atoms with Crippen molar-refractivity contribution in [3.05, 3.63) is 0 Å². The lowest BCUT2D eigenvalue weighted by Crippen LogP contribution is -2.63. The molecule has 4 heteroatoms. The summed E-state index contributed by atoms with van der Waals surface area (Å²) in [6, 6.07) is -0.0185. The first-order valence-corrected chi connectivity index (χ1v) is 4.24. The Morgan fingerprint density at radius 1 is 1.58 bits per heavy atom. The van der Waals surface area contributed by atoms with E-state index in [1.807, 2.05) is 0 Å². The lowest BCUT2D eigenvalue weighted by molar-refractivity contribution is -0.135. The number of nitrogens with zero attached hydrogens (tertiary/aromatic N) is 1. The molecule has 1 amide bonds. The highest BCUT2D eigenvalue weighted by Gasteiger charge is 2.39. The van der Waals surface area contributed by atoms with Gasteiger partial charge in [0.2, 0.25) is 0 Å². The number of nitrogens with one attached hydrogen (secondary N) is 1. The largest absolute Gasteiger partial charge is 0.293 e. The van der Waals surface area contributed by atoms with Crippen LogP contribution in [0.5, 0.6) is 0 Å². The molecule has 0 aliphatic carbocycles. The number of amides is 1. The summed E-state index contributed by atoms with van der Waals surface area (Å²) in [5, 5.41) is 0. The predicted molar refractivity (Wildman–Crippen MR) is 47.2 cm³/mol. The zero-order valence-corrected chi connectivity index (χ0v) is 7.92. The van der Waals surface area contributed by atoms with Crippen molar-refractivity contribution in [2.75, 3.05) is 6.54 Å². The number of rotatable bonds is 1. The van der Waals surface area contributed by atoms with E-state index >= 15 is 0 Å². The van der Waals surface area contributed by atoms with Crippen LogP contribution in [0.4, 0.5) is 0 Å². The second kappa shape index (κ2) is 3.03. The van der Waals surface area contributed by atoms with E-state index in [0.717, 1.165) is 13.0 Å². The average Bonchev–Trinajstić information content (AvgIpc) is 1.80. The number of hydrazine groups is 1. The van der Waals surface area contributed by atoms with Crippen LogP contribution in [0.25, 0.3) is 0 Å². The number of likely N-dealkylation sites (tertiary alicyclic amines) is 1. The Morgan fingerprint density at radius 2 is 2.17 bits per heavy atom. The van der Waals surface area contributed by atoms with Crippen LogP contribution in [-0.4, -0.2) is 28.9 Å². The molecule has 12 heavy (non-hydrogen) atoms. The molecule has 4 nitrogen and oxygen atoms in total. The Bertz CT molecular complexity index is 185. The molecule has 0 saturated carbocycles. The van der Waals surface area contributed by atoms with E-state index < -0.39 is 0 Å². The number of carbonyl (C=O) groups excluding carboxylic acids is 1. The van der Waals surface area contributed by atoms with Crippen molar-refractivity contribution in [1.82, 2.24) is 10.3 Å². The maximum Gasteiger partial charge on any atom is 0.251 e. The van der Waals surface area contributed by atoms with Crippen molar-refractivity contribution in [3.63, 3.8) is 0 Å². The van der Waals surface area contributed by atoms with Gasteiger partial charge in [-0.25, -0.2) is 5.84 Å². The first kappa shape index (κ1) is 9.48. The van der Waals surface area contributed by atoms with E-state index in [1.54, 1.807) is 0 Å². The fourth-order valence-corrected chi connectivity index (χ4v) is 1.56. The molecule has 1 heterocycles. The smallest absolute Gasteiger partial charge is 0.251 e. The van der Waals surface area contributed by atoms with Gasteiger partial charge < -0.3 is 0 Å². The summed E-state index contributed by atoms with van der Waals surface area (Å²) in [5.41, 5.74) is 2.25. The van der Waals surface area contributed by atoms with Gasteiger partial charge in [-0.2, -0.15) is 0 Å². The molecule has 1 unspecified atom stereocenters. The van der Waals surface area contributed by atoms with Gasteiger partial charge in [-0.3, -0.25) is 15.1 Å². The molecule has 0 aromatic heterocycles. The Hall–Kier alpha value is -0.610. The van der Waals surface area contributed by atoms with Gasteiger partial charge in [-0.05, 0) is 27.2 Å². The van der Waals surface area contributed by atoms with Crippen LogP contribution in [0, 0.1) is 0 Å². The maximum absolute atomic E-state index is 11.2. The molecule has 1 fully saturated rings. The molecule has 0 radical (unpaired) electrons. The monoisotopic (exact) mass is 171 g/mol. The third kappa shape index (κ3) is 1.59. The van der Waals surface area contributed by atoms with E-state index in [4.69, 9.17) is 5.84 Å². The van der Waals surface area contributed by atoms with E-state index in [-0.39, 0.29) is 17.5 Å². The Morgan fingerprint density at radius 3 is 2.42 bits per heavy atom. The van der Waals surface area contributed by atoms with E-state index in [9.17, 15) is 4.79 Å². The zero-order valence-electron chi connectivity index (χ0n) is 7.92. The highest BCUT2D eigenvalue weighted by molar-refractivity contribution is 5.82. The lowest BCUT2D eigenvalue weighted by Gasteiger charge is -2.48. The minimum absolute atomic E-state index is 0.0185. The van der Waals surface area contributed by atoms with Crippen LogP contribution in [0.2, 0.25) is 0 Å². The van der Waals surface area contributed by atoms with Crippen molar-refractivity contribution >= 4 is 5.91 Å². The minimum Gasteiger partial charge on any atom is -0.293 e. The predicted octanol–water partition coefficient (Wildman–Crippen LogP) is -0.151. The maximum atomic E-state index is 11.2. The molecule has 0 bridgehead atoms. The van der Waals surface area contributed by atoms with Crippen molar-refractivity contribution in [2.24, 2.45) is 5.84 Å². The fraction of sp³-hybridized carbons (Fsp3) is 0.875. The fourth-order valence-electron chi connectivity index (χ4n) is 1.56. The van der Waals surface area contributed by atoms with Gasteiger partial charge in [0.1, 0.15) is 0 Å². The molecular formula is C8H17N3O. The molecule has 1 saturated heterocycles. The van der Waals surface area contributed by atoms with Crippen LogP contribution >= 0.6 is 0 Å². The first-order valence-electron chi connectivity index (χ1n) is 4.24. The van der Waals surface area contributed by atoms with Crippen molar-refractivity contribution in [3.8, 4) is 0 Å². The minimum atomic E-state index is -0.0730. The standard InChI is InChI=1S/C8H17N3O/c1-8(2,3)11-5-4-6(11)7(12)10-9/h6H,4-5,9H2,1-3H3,(H,10,12). The number of nitrogens with two attached hydrogens (primary N) is 1. The molecule has 70 valence electrons. The topological polar surface area (TPSA) is 58.4 Å². The first-order chi connectivity index (χ1) is 5.46. The molecule has 1 atom stereocenters. The number of hydrogen-bond acceptors (Lipinski definition) is 3. The SMILES string of the molecule is CC(C)(C)N1CCC1C(=O)NN. The van der Waals surface area contributed by atoms with Gasteiger partial charge in [0.25, 0.3) is 5.91 Å². The van der Waals surface area contributed by atoms with Crippen LogP contribution < -0.4 is 11.3 Å². The van der Waals surface area contributed by atoms with E-state index in [0.29, 0.717) is 0 Å². The van der Waals surface area contributed by atoms with E-state index in [1.165, 1.54) is 0 Å². The molecular weight excluding hydrogens is 154 g/mol. The highest BCUT2D eigenvalue weighted by atomic mass is 16.2. The van der Waals surface area contributed by atoms with E-state index in [2.05, 4.69) is 31.1 Å². The van der Waals surface area contributed by atoms with Crippen LogP contribution in [-0.2, 0) is 4.79 Å². The summed E-state index contributed by atoms with van der Waals surface area (Å²) in [7, 11) is 0. The van der Waals surface area contributed by atoms with Crippen molar-refractivity contribution in [1.29, 1.82) is 0 Å². The van der Waals surface area contributed by atoms with Gasteiger partial charge in [0.15, 0.2) is 0 Å². The Kier molecular flexibility index (Phi) is 2.39. The van der Waals surface area contributed by atoms with Gasteiger partial charge in [-0.1, -0.05) is 0 Å². The summed E-state index contributed by atoms with van der Waals surface area (Å²) in [4.78, 5) is 13.3. The third-order valence-electron chi connectivity index (χ3n) is 2.33. The van der Waals surface area contributed by atoms with Crippen molar-refractivity contribution < 1.29 is 4.79 Å². The lowest BCUT2D eigenvalue weighted by atomic mass is 9.93. The van der Waals surface area contributed by atoms with Crippen LogP contribution in [0.15, 0.2) is 0 Å². The molecule has 0 spiro atoms. The molecule has 3 N–H and O–H groups in total. The van der Waals surface area contributed by atoms with Crippen LogP contribution in [0.3, 0.4) is 0 Å². The molecule has 1 aliphatic heterocycles. The molecule has 0 aromatic carbocycles. The molecule has 1 aliphatic rings. The quantitative estimate of drug-likeness (QED) is 0.328. The molecule has 0 aromatic rings. The van der Waals surface area contributed by atoms with Gasteiger partial charge >= 0.3 is 0 Å². The van der Waals surface area contributed by atoms with Gasteiger partial charge in [0, 0.05) is 12.1 Å². The third-order valence-corrected chi connectivity index (χ3v) is 2.33. The normalized spacial score (nSPS) is 24.8.